The highest BCUT2D eigenvalue weighted by Crippen LogP contribution is 2.09. The Hall–Kier alpha value is -2.13. The number of hydrogen-bond acceptors (Lipinski definition) is 2. The maximum absolute atomic E-state index is 4.36. The SMILES string of the molecule is Br.CC(C=CNc1ccccc1)=CC=Nc1ccccc1. The second kappa shape index (κ2) is 9.72. The lowest BCUT2D eigenvalue weighted by Crippen LogP contribution is -1.86. The van der Waals surface area contributed by atoms with Crippen molar-refractivity contribution in [2.24, 2.45) is 4.99 Å². The van der Waals surface area contributed by atoms with E-state index in [1.807, 2.05) is 92.2 Å². The van der Waals surface area contributed by atoms with Crippen molar-refractivity contribution < 1.29 is 0 Å². The van der Waals surface area contributed by atoms with Gasteiger partial charge in [-0.15, -0.1) is 17.0 Å². The standard InChI is InChI=1S/C18H18N2.BrH/c1-16(12-14-19-17-8-4-2-5-9-17)13-15-20-18-10-6-3-7-11-18;/h2-15,19H,1H3;1H. The molecule has 108 valence electrons. The second-order valence-electron chi connectivity index (χ2n) is 4.37. The molecule has 3 heteroatoms. The van der Waals surface area contributed by atoms with E-state index in [0.29, 0.717) is 0 Å². The van der Waals surface area contributed by atoms with Gasteiger partial charge >= 0.3 is 0 Å². The van der Waals surface area contributed by atoms with Crippen LogP contribution >= 0.6 is 17.0 Å². The fourth-order valence-corrected chi connectivity index (χ4v) is 1.61. The highest BCUT2D eigenvalue weighted by molar-refractivity contribution is 8.93. The summed E-state index contributed by atoms with van der Waals surface area (Å²) in [6.07, 6.45) is 7.75. The largest absolute Gasteiger partial charge is 0.362 e. The van der Waals surface area contributed by atoms with Crippen molar-refractivity contribution in [1.29, 1.82) is 0 Å². The Bertz CT molecular complexity index is 602. The first kappa shape index (κ1) is 16.9. The maximum atomic E-state index is 4.36. The van der Waals surface area contributed by atoms with Gasteiger partial charge in [0.05, 0.1) is 5.69 Å². The predicted octanol–water partition coefficient (Wildman–Crippen LogP) is 5.54. The average molecular weight is 343 g/mol. The lowest BCUT2D eigenvalue weighted by Gasteiger charge is -1.98. The van der Waals surface area contributed by atoms with E-state index < -0.39 is 0 Å². The number of anilines is 1. The molecule has 0 saturated heterocycles. The summed E-state index contributed by atoms with van der Waals surface area (Å²) < 4.78 is 0. The van der Waals surface area contributed by atoms with Gasteiger partial charge in [-0.3, -0.25) is 4.99 Å². The van der Waals surface area contributed by atoms with Crippen LogP contribution < -0.4 is 5.32 Å². The first-order chi connectivity index (χ1) is 9.84. The summed E-state index contributed by atoms with van der Waals surface area (Å²) in [5, 5.41) is 3.22. The van der Waals surface area contributed by atoms with Crippen LogP contribution in [0.4, 0.5) is 11.4 Å². The van der Waals surface area contributed by atoms with E-state index in [4.69, 9.17) is 0 Å². The molecule has 0 radical (unpaired) electrons. The van der Waals surface area contributed by atoms with Gasteiger partial charge in [-0.2, -0.15) is 0 Å². The van der Waals surface area contributed by atoms with Crippen LogP contribution in [0.1, 0.15) is 6.92 Å². The number of benzene rings is 2. The fraction of sp³-hybridized carbons (Fsp3) is 0.0556. The summed E-state index contributed by atoms with van der Waals surface area (Å²) in [6.45, 7) is 2.04. The van der Waals surface area contributed by atoms with E-state index in [-0.39, 0.29) is 17.0 Å². The molecule has 21 heavy (non-hydrogen) atoms. The Morgan fingerprint density at radius 2 is 1.57 bits per heavy atom. The Kier molecular flexibility index (Phi) is 7.84. The number of rotatable bonds is 5. The minimum Gasteiger partial charge on any atom is -0.362 e. The molecule has 0 aliphatic carbocycles. The summed E-state index contributed by atoms with van der Waals surface area (Å²) in [5.41, 5.74) is 3.17. The van der Waals surface area contributed by atoms with E-state index in [1.165, 1.54) is 0 Å². The normalized spacial score (nSPS) is 11.6. The van der Waals surface area contributed by atoms with Crippen molar-refractivity contribution in [3.8, 4) is 0 Å². The van der Waals surface area contributed by atoms with Crippen LogP contribution in [0.3, 0.4) is 0 Å². The first-order valence-corrected chi connectivity index (χ1v) is 6.59. The van der Waals surface area contributed by atoms with E-state index in [2.05, 4.69) is 10.3 Å². The number of nitrogens with zero attached hydrogens (tertiary/aromatic N) is 1. The van der Waals surface area contributed by atoms with Crippen LogP contribution in [0.15, 0.2) is 89.6 Å². The monoisotopic (exact) mass is 342 g/mol. The lowest BCUT2D eigenvalue weighted by molar-refractivity contribution is 1.49. The Labute approximate surface area is 136 Å². The molecule has 0 unspecified atom stereocenters. The quantitative estimate of drug-likeness (QED) is 0.559. The Morgan fingerprint density at radius 3 is 2.24 bits per heavy atom. The molecule has 0 aliphatic heterocycles. The van der Waals surface area contributed by atoms with Crippen LogP contribution in [0.2, 0.25) is 0 Å². The predicted molar refractivity (Wildman–Crippen MR) is 97.9 cm³/mol. The lowest BCUT2D eigenvalue weighted by atomic mass is 10.3. The summed E-state index contributed by atoms with van der Waals surface area (Å²) in [6, 6.07) is 20.0. The molecule has 2 rings (SSSR count). The maximum Gasteiger partial charge on any atom is 0.0629 e. The Morgan fingerprint density at radius 1 is 0.952 bits per heavy atom. The van der Waals surface area contributed by atoms with Gasteiger partial charge in [0, 0.05) is 18.1 Å². The first-order valence-electron chi connectivity index (χ1n) is 6.59. The molecule has 1 N–H and O–H groups in total. The molecule has 0 amide bonds. The van der Waals surface area contributed by atoms with E-state index >= 15 is 0 Å². The van der Waals surface area contributed by atoms with Gasteiger partial charge in [-0.1, -0.05) is 36.4 Å². The zero-order valence-electron chi connectivity index (χ0n) is 11.9. The summed E-state index contributed by atoms with van der Waals surface area (Å²) >= 11 is 0. The van der Waals surface area contributed by atoms with Crippen LogP contribution in [0, 0.1) is 0 Å². The van der Waals surface area contributed by atoms with Gasteiger partial charge in [0.15, 0.2) is 0 Å². The molecular formula is C18H19BrN2. The summed E-state index contributed by atoms with van der Waals surface area (Å²) in [5.74, 6) is 0. The van der Waals surface area contributed by atoms with Crippen molar-refractivity contribution in [2.75, 3.05) is 5.32 Å². The zero-order chi connectivity index (χ0) is 14.0. The third-order valence-corrected chi connectivity index (χ3v) is 2.69. The van der Waals surface area contributed by atoms with Crippen LogP contribution in [0.5, 0.6) is 0 Å². The van der Waals surface area contributed by atoms with Crippen molar-refractivity contribution in [1.82, 2.24) is 0 Å². The molecule has 0 aliphatic rings. The molecular weight excluding hydrogens is 324 g/mol. The number of hydrogen-bond donors (Lipinski definition) is 1. The highest BCUT2D eigenvalue weighted by Gasteiger charge is 1.85. The van der Waals surface area contributed by atoms with E-state index in [1.54, 1.807) is 0 Å². The number of aliphatic imine (C=N–C) groups is 1. The van der Waals surface area contributed by atoms with Crippen molar-refractivity contribution in [3.05, 3.63) is 84.6 Å². The average Bonchev–Trinajstić information content (AvgIpc) is 2.49. The number of nitrogens with one attached hydrogen (secondary N) is 1. The molecule has 2 nitrogen and oxygen atoms in total. The third-order valence-electron chi connectivity index (χ3n) is 2.69. The van der Waals surface area contributed by atoms with E-state index in [9.17, 15) is 0 Å². The van der Waals surface area contributed by atoms with Gasteiger partial charge < -0.3 is 5.32 Å². The third kappa shape index (κ3) is 6.72. The van der Waals surface area contributed by atoms with Crippen molar-refractivity contribution in [2.45, 2.75) is 6.92 Å². The van der Waals surface area contributed by atoms with Crippen LogP contribution in [-0.4, -0.2) is 6.21 Å². The Balaban J connectivity index is 0.00000220. The molecule has 0 spiro atoms. The zero-order valence-corrected chi connectivity index (χ0v) is 13.7. The molecule has 0 heterocycles. The second-order valence-corrected chi connectivity index (χ2v) is 4.37. The summed E-state index contributed by atoms with van der Waals surface area (Å²) in [7, 11) is 0. The van der Waals surface area contributed by atoms with Gasteiger partial charge in [0.25, 0.3) is 0 Å². The minimum absolute atomic E-state index is 0. The minimum atomic E-state index is 0. The van der Waals surface area contributed by atoms with E-state index in [0.717, 1.165) is 16.9 Å². The van der Waals surface area contributed by atoms with Crippen molar-refractivity contribution in [3.63, 3.8) is 0 Å². The molecule has 0 fully saturated rings. The van der Waals surface area contributed by atoms with Gasteiger partial charge in [-0.05, 0) is 48.9 Å². The molecule has 2 aromatic carbocycles. The van der Waals surface area contributed by atoms with Crippen LogP contribution in [-0.2, 0) is 0 Å². The molecule has 0 saturated carbocycles. The topological polar surface area (TPSA) is 24.4 Å². The van der Waals surface area contributed by atoms with Crippen molar-refractivity contribution >= 4 is 34.6 Å². The summed E-state index contributed by atoms with van der Waals surface area (Å²) in [4.78, 5) is 4.36. The molecule has 2 aromatic rings. The van der Waals surface area contributed by atoms with Crippen LogP contribution in [0.25, 0.3) is 0 Å². The smallest absolute Gasteiger partial charge is 0.0629 e. The fourth-order valence-electron chi connectivity index (χ4n) is 1.61. The number of allylic oxidation sites excluding steroid dienone is 3. The van der Waals surface area contributed by atoms with Gasteiger partial charge in [-0.25, -0.2) is 0 Å². The van der Waals surface area contributed by atoms with Gasteiger partial charge in [0.2, 0.25) is 0 Å². The molecule has 0 aromatic heterocycles. The van der Waals surface area contributed by atoms with Gasteiger partial charge in [0.1, 0.15) is 0 Å². The highest BCUT2D eigenvalue weighted by atomic mass is 79.9. The molecule has 0 bridgehead atoms. The number of para-hydroxylation sites is 2. The number of halogens is 1. The molecule has 0 atom stereocenters.